The largest absolute Gasteiger partial charge is 0.381 e. The van der Waals surface area contributed by atoms with E-state index >= 15 is 0 Å². The molecule has 18 heavy (non-hydrogen) atoms. The SMILES string of the molecule is COC1CC(NS(=O)(=O)c2cc(Br)ccc2C)C1. The first-order valence-corrected chi connectivity index (χ1v) is 8.01. The highest BCUT2D eigenvalue weighted by Gasteiger charge is 2.33. The molecule has 0 spiro atoms. The second-order valence-electron chi connectivity index (χ2n) is 4.56. The predicted octanol–water partition coefficient (Wildman–Crippen LogP) is 2.21. The van der Waals surface area contributed by atoms with Crippen LogP contribution in [0.2, 0.25) is 0 Å². The molecule has 1 N–H and O–H groups in total. The molecule has 1 aliphatic carbocycles. The number of halogens is 1. The minimum atomic E-state index is -3.44. The molecule has 1 saturated carbocycles. The summed E-state index contributed by atoms with van der Waals surface area (Å²) in [5.74, 6) is 0. The maximum atomic E-state index is 12.2. The topological polar surface area (TPSA) is 55.4 Å². The van der Waals surface area contributed by atoms with Gasteiger partial charge in [0.15, 0.2) is 0 Å². The van der Waals surface area contributed by atoms with Gasteiger partial charge in [0.25, 0.3) is 0 Å². The predicted molar refractivity (Wildman–Crippen MR) is 73.0 cm³/mol. The zero-order valence-electron chi connectivity index (χ0n) is 10.3. The average Bonchev–Trinajstić information content (AvgIpc) is 2.26. The Labute approximate surface area is 116 Å². The molecule has 1 aromatic carbocycles. The Bertz CT molecular complexity index is 538. The van der Waals surface area contributed by atoms with Gasteiger partial charge >= 0.3 is 0 Å². The first-order chi connectivity index (χ1) is 8.42. The zero-order valence-corrected chi connectivity index (χ0v) is 12.7. The third kappa shape index (κ3) is 2.93. The monoisotopic (exact) mass is 333 g/mol. The van der Waals surface area contributed by atoms with E-state index in [1.54, 1.807) is 26.2 Å². The Balaban J connectivity index is 2.14. The van der Waals surface area contributed by atoms with Crippen molar-refractivity contribution in [2.24, 2.45) is 0 Å². The Morgan fingerprint density at radius 2 is 2.06 bits per heavy atom. The normalized spacial score (nSPS) is 23.7. The van der Waals surface area contributed by atoms with Crippen LogP contribution in [0.5, 0.6) is 0 Å². The molecular weight excluding hydrogens is 318 g/mol. The second-order valence-corrected chi connectivity index (χ2v) is 7.16. The van der Waals surface area contributed by atoms with Gasteiger partial charge in [0, 0.05) is 17.6 Å². The summed E-state index contributed by atoms with van der Waals surface area (Å²) < 4.78 is 33.1. The van der Waals surface area contributed by atoms with E-state index in [1.807, 2.05) is 6.07 Å². The van der Waals surface area contributed by atoms with E-state index in [4.69, 9.17) is 4.74 Å². The Morgan fingerprint density at radius 3 is 2.67 bits per heavy atom. The second kappa shape index (κ2) is 5.28. The molecule has 1 aliphatic rings. The fourth-order valence-corrected chi connectivity index (χ4v) is 4.05. The van der Waals surface area contributed by atoms with Crippen molar-refractivity contribution in [1.29, 1.82) is 0 Å². The summed E-state index contributed by atoms with van der Waals surface area (Å²) in [6, 6.07) is 5.23. The van der Waals surface area contributed by atoms with E-state index in [1.165, 1.54) is 0 Å². The number of hydrogen-bond acceptors (Lipinski definition) is 3. The maximum Gasteiger partial charge on any atom is 0.241 e. The maximum absolute atomic E-state index is 12.2. The van der Waals surface area contributed by atoms with Gasteiger partial charge < -0.3 is 4.74 Å². The van der Waals surface area contributed by atoms with E-state index in [0.29, 0.717) is 4.90 Å². The van der Waals surface area contributed by atoms with Crippen molar-refractivity contribution in [2.45, 2.75) is 36.8 Å². The van der Waals surface area contributed by atoms with Crippen molar-refractivity contribution in [3.05, 3.63) is 28.2 Å². The minimum Gasteiger partial charge on any atom is -0.381 e. The number of aryl methyl sites for hydroxylation is 1. The van der Waals surface area contributed by atoms with Gasteiger partial charge in [0.05, 0.1) is 11.0 Å². The van der Waals surface area contributed by atoms with Crippen LogP contribution in [0.25, 0.3) is 0 Å². The molecular formula is C12H16BrNO3S. The first-order valence-electron chi connectivity index (χ1n) is 5.73. The van der Waals surface area contributed by atoms with Crippen molar-refractivity contribution in [1.82, 2.24) is 4.72 Å². The summed E-state index contributed by atoms with van der Waals surface area (Å²) in [4.78, 5) is 0.331. The highest BCUT2D eigenvalue weighted by Crippen LogP contribution is 2.26. The lowest BCUT2D eigenvalue weighted by Crippen LogP contribution is -2.47. The average molecular weight is 334 g/mol. The van der Waals surface area contributed by atoms with Gasteiger partial charge in [-0.15, -0.1) is 0 Å². The third-order valence-corrected chi connectivity index (χ3v) is 5.35. The zero-order chi connectivity index (χ0) is 13.3. The third-order valence-electron chi connectivity index (χ3n) is 3.19. The number of hydrogen-bond donors (Lipinski definition) is 1. The molecule has 0 aliphatic heterocycles. The molecule has 4 nitrogen and oxygen atoms in total. The molecule has 0 amide bonds. The molecule has 0 aromatic heterocycles. The minimum absolute atomic E-state index is 0.0154. The van der Waals surface area contributed by atoms with Gasteiger partial charge in [-0.2, -0.15) is 0 Å². The summed E-state index contributed by atoms with van der Waals surface area (Å²) >= 11 is 3.29. The van der Waals surface area contributed by atoms with E-state index in [-0.39, 0.29) is 12.1 Å². The van der Waals surface area contributed by atoms with Crippen LogP contribution in [-0.4, -0.2) is 27.7 Å². The number of methoxy groups -OCH3 is 1. The van der Waals surface area contributed by atoms with Crippen molar-refractivity contribution in [2.75, 3.05) is 7.11 Å². The Hall–Kier alpha value is -0.430. The van der Waals surface area contributed by atoms with E-state index in [9.17, 15) is 8.42 Å². The van der Waals surface area contributed by atoms with Crippen LogP contribution in [0.4, 0.5) is 0 Å². The van der Waals surface area contributed by atoms with E-state index in [0.717, 1.165) is 22.9 Å². The van der Waals surface area contributed by atoms with Gasteiger partial charge in [-0.25, -0.2) is 13.1 Å². The summed E-state index contributed by atoms with van der Waals surface area (Å²) in [6.07, 6.45) is 1.66. The van der Waals surface area contributed by atoms with Gasteiger partial charge in [-0.3, -0.25) is 0 Å². The summed E-state index contributed by atoms with van der Waals surface area (Å²) in [5.41, 5.74) is 0.744. The number of nitrogens with one attached hydrogen (secondary N) is 1. The highest BCUT2D eigenvalue weighted by atomic mass is 79.9. The number of benzene rings is 1. The first kappa shape index (κ1) is 14.0. The quantitative estimate of drug-likeness (QED) is 0.919. The molecule has 100 valence electrons. The molecule has 0 radical (unpaired) electrons. The van der Waals surface area contributed by atoms with Crippen LogP contribution in [0, 0.1) is 6.92 Å². The molecule has 2 rings (SSSR count). The van der Waals surface area contributed by atoms with Crippen molar-refractivity contribution >= 4 is 26.0 Å². The standard InChI is InChI=1S/C12H16BrNO3S/c1-8-3-4-9(13)5-12(8)18(15,16)14-10-6-11(7-10)17-2/h3-5,10-11,14H,6-7H2,1-2H3. The molecule has 1 fully saturated rings. The Morgan fingerprint density at radius 1 is 1.39 bits per heavy atom. The summed E-state index contributed by atoms with van der Waals surface area (Å²) in [7, 11) is -1.79. The number of ether oxygens (including phenoxy) is 1. The lowest BCUT2D eigenvalue weighted by Gasteiger charge is -2.34. The van der Waals surface area contributed by atoms with Crippen LogP contribution in [0.1, 0.15) is 18.4 Å². The smallest absolute Gasteiger partial charge is 0.241 e. The van der Waals surface area contributed by atoms with E-state index in [2.05, 4.69) is 20.7 Å². The molecule has 1 aromatic rings. The lowest BCUT2D eigenvalue weighted by molar-refractivity contribution is 0.0236. The van der Waals surface area contributed by atoms with Gasteiger partial charge in [-0.1, -0.05) is 22.0 Å². The number of sulfonamides is 1. The fraction of sp³-hybridized carbons (Fsp3) is 0.500. The van der Waals surface area contributed by atoms with Crippen molar-refractivity contribution in [3.63, 3.8) is 0 Å². The summed E-state index contributed by atoms with van der Waals surface area (Å²) in [5, 5.41) is 0. The molecule has 0 bridgehead atoms. The number of rotatable bonds is 4. The molecule has 0 heterocycles. The van der Waals surface area contributed by atoms with Gasteiger partial charge in [0.1, 0.15) is 0 Å². The molecule has 0 unspecified atom stereocenters. The van der Waals surface area contributed by atoms with Crippen LogP contribution >= 0.6 is 15.9 Å². The highest BCUT2D eigenvalue weighted by molar-refractivity contribution is 9.10. The van der Waals surface area contributed by atoms with Gasteiger partial charge in [-0.05, 0) is 37.5 Å². The van der Waals surface area contributed by atoms with Crippen LogP contribution in [-0.2, 0) is 14.8 Å². The van der Waals surface area contributed by atoms with Crippen LogP contribution < -0.4 is 4.72 Å². The summed E-state index contributed by atoms with van der Waals surface area (Å²) in [6.45, 7) is 1.79. The van der Waals surface area contributed by atoms with E-state index < -0.39 is 10.0 Å². The Kier molecular flexibility index (Phi) is 4.11. The lowest BCUT2D eigenvalue weighted by atomic mass is 9.90. The van der Waals surface area contributed by atoms with Crippen molar-refractivity contribution < 1.29 is 13.2 Å². The van der Waals surface area contributed by atoms with Crippen molar-refractivity contribution in [3.8, 4) is 0 Å². The molecule has 0 atom stereocenters. The van der Waals surface area contributed by atoms with Crippen LogP contribution in [0.3, 0.4) is 0 Å². The van der Waals surface area contributed by atoms with Crippen LogP contribution in [0.15, 0.2) is 27.6 Å². The molecule has 0 saturated heterocycles. The van der Waals surface area contributed by atoms with Gasteiger partial charge in [0.2, 0.25) is 10.0 Å². The molecule has 6 heteroatoms. The fourth-order valence-electron chi connectivity index (χ4n) is 2.00.